The largest absolute Gasteiger partial charge is 0.496 e. The Morgan fingerprint density at radius 2 is 2.19 bits per heavy atom. The Balaban J connectivity index is 2.17. The average molecular weight is 390 g/mol. The minimum absolute atomic E-state index is 0.00835. The lowest BCUT2D eigenvalue weighted by Gasteiger charge is -2.31. The number of aliphatic hydroxyl groups excluding tert-OH is 1. The van der Waals surface area contributed by atoms with Gasteiger partial charge < -0.3 is 14.6 Å². The summed E-state index contributed by atoms with van der Waals surface area (Å²) in [7, 11) is 1.45. The van der Waals surface area contributed by atoms with Crippen molar-refractivity contribution in [2.24, 2.45) is 11.8 Å². The first-order valence-corrected chi connectivity index (χ1v) is 10.1. The van der Waals surface area contributed by atoms with E-state index in [0.29, 0.717) is 22.6 Å². The van der Waals surface area contributed by atoms with Gasteiger partial charge in [0, 0.05) is 22.8 Å². The molecule has 2 aliphatic carbocycles. The Bertz CT molecular complexity index is 837. The van der Waals surface area contributed by atoms with Crippen molar-refractivity contribution in [2.45, 2.75) is 39.2 Å². The molecule has 2 aliphatic rings. The number of fused-ring (bicyclic) bond motifs is 2. The Hall–Kier alpha value is -1.97. The summed E-state index contributed by atoms with van der Waals surface area (Å²) in [5, 5.41) is 10.5. The molecule has 2 bridgehead atoms. The normalized spacial score (nSPS) is 23.7. The number of hydrogen-bond acceptors (Lipinski definition) is 5. The molecule has 3 rings (SSSR count). The van der Waals surface area contributed by atoms with Crippen LogP contribution in [0.1, 0.15) is 44.2 Å². The zero-order valence-electron chi connectivity index (χ0n) is 15.7. The van der Waals surface area contributed by atoms with Crippen molar-refractivity contribution in [2.75, 3.05) is 12.9 Å². The fourth-order valence-electron chi connectivity index (χ4n) is 4.01. The van der Waals surface area contributed by atoms with E-state index in [1.54, 1.807) is 13.0 Å². The molecule has 0 aliphatic heterocycles. The standard InChI is InChI=1S/C21H23FO4S/c1-4-6-12-9-15(22)17(16(10-12)25-3)18-19(23)13-7-8-14(11-13)20(18)26-21(24)27-5-2/h9-10,13-14,19,23H,5,7-8,11H2,1-3H3. The van der Waals surface area contributed by atoms with Gasteiger partial charge in [0.25, 0.3) is 0 Å². The number of benzene rings is 1. The average Bonchev–Trinajstić information content (AvgIpc) is 3.08. The molecule has 0 aromatic heterocycles. The van der Waals surface area contributed by atoms with Gasteiger partial charge >= 0.3 is 5.30 Å². The first kappa shape index (κ1) is 19.8. The molecule has 3 atom stereocenters. The van der Waals surface area contributed by atoms with Crippen molar-refractivity contribution in [3.8, 4) is 17.6 Å². The number of methoxy groups -OCH3 is 1. The van der Waals surface area contributed by atoms with Crippen LogP contribution in [0, 0.1) is 29.5 Å². The maximum atomic E-state index is 15.1. The highest BCUT2D eigenvalue weighted by Crippen LogP contribution is 2.51. The monoisotopic (exact) mass is 390 g/mol. The molecule has 1 aromatic carbocycles. The van der Waals surface area contributed by atoms with Crippen LogP contribution in [0.3, 0.4) is 0 Å². The van der Waals surface area contributed by atoms with Gasteiger partial charge in [-0.3, -0.25) is 0 Å². The van der Waals surface area contributed by atoms with Gasteiger partial charge in [-0.15, -0.1) is 5.92 Å². The number of halogens is 1. The van der Waals surface area contributed by atoms with E-state index in [4.69, 9.17) is 9.47 Å². The Labute approximate surface area is 163 Å². The molecule has 0 saturated heterocycles. The molecule has 0 radical (unpaired) electrons. The van der Waals surface area contributed by atoms with Crippen LogP contribution in [-0.2, 0) is 4.74 Å². The van der Waals surface area contributed by atoms with Gasteiger partial charge in [0.1, 0.15) is 17.3 Å². The summed E-state index contributed by atoms with van der Waals surface area (Å²) in [6, 6.07) is 2.97. The van der Waals surface area contributed by atoms with Crippen molar-refractivity contribution in [3.63, 3.8) is 0 Å². The Kier molecular flexibility index (Phi) is 6.13. The van der Waals surface area contributed by atoms with Crippen molar-refractivity contribution >= 4 is 22.6 Å². The lowest BCUT2D eigenvalue weighted by atomic mass is 9.81. The maximum absolute atomic E-state index is 15.1. The van der Waals surface area contributed by atoms with E-state index >= 15 is 4.39 Å². The van der Waals surface area contributed by atoms with Crippen LogP contribution in [0.25, 0.3) is 5.57 Å². The smallest absolute Gasteiger partial charge is 0.372 e. The molecule has 3 unspecified atom stereocenters. The van der Waals surface area contributed by atoms with Crippen LogP contribution in [0.15, 0.2) is 17.9 Å². The van der Waals surface area contributed by atoms with Crippen LogP contribution in [-0.4, -0.2) is 29.4 Å². The zero-order valence-corrected chi connectivity index (χ0v) is 16.5. The Morgan fingerprint density at radius 1 is 1.41 bits per heavy atom. The molecule has 1 fully saturated rings. The summed E-state index contributed by atoms with van der Waals surface area (Å²) in [4.78, 5) is 12.1. The zero-order chi connectivity index (χ0) is 19.6. The number of carbonyl (C=O) groups is 1. The van der Waals surface area contributed by atoms with Crippen molar-refractivity contribution < 1.29 is 23.8 Å². The molecule has 0 spiro atoms. The van der Waals surface area contributed by atoms with Gasteiger partial charge in [0.2, 0.25) is 0 Å². The summed E-state index contributed by atoms with van der Waals surface area (Å²) in [6.45, 7) is 3.53. The number of allylic oxidation sites excluding steroid dienone is 1. The van der Waals surface area contributed by atoms with E-state index in [2.05, 4.69) is 11.8 Å². The van der Waals surface area contributed by atoms with E-state index in [9.17, 15) is 9.90 Å². The second-order valence-corrected chi connectivity index (χ2v) is 7.89. The van der Waals surface area contributed by atoms with E-state index in [-0.39, 0.29) is 23.1 Å². The third-order valence-electron chi connectivity index (χ3n) is 5.12. The molecular weight excluding hydrogens is 367 g/mol. The molecule has 6 heteroatoms. The molecule has 144 valence electrons. The highest BCUT2D eigenvalue weighted by Gasteiger charge is 2.44. The molecule has 0 amide bonds. The molecule has 27 heavy (non-hydrogen) atoms. The molecule has 0 heterocycles. The molecule has 1 N–H and O–H groups in total. The predicted octanol–water partition coefficient (Wildman–Crippen LogP) is 4.60. The number of aliphatic hydroxyl groups is 1. The highest BCUT2D eigenvalue weighted by molar-refractivity contribution is 8.13. The number of thioether (sulfide) groups is 1. The van der Waals surface area contributed by atoms with Crippen LogP contribution in [0.4, 0.5) is 9.18 Å². The van der Waals surface area contributed by atoms with Crippen molar-refractivity contribution in [1.29, 1.82) is 0 Å². The number of rotatable bonds is 4. The summed E-state index contributed by atoms with van der Waals surface area (Å²) in [5.41, 5.74) is 0.987. The SMILES string of the molecule is CC#Cc1cc(F)c(C2=C(OC(=O)SCC)C3CCC(C3)C2O)c(OC)c1. The molecule has 1 aromatic rings. The van der Waals surface area contributed by atoms with Gasteiger partial charge in [-0.25, -0.2) is 9.18 Å². The summed E-state index contributed by atoms with van der Waals surface area (Å²) < 4.78 is 26.1. The summed E-state index contributed by atoms with van der Waals surface area (Å²) in [6.07, 6.45) is 1.48. The van der Waals surface area contributed by atoms with Crippen LogP contribution in [0.5, 0.6) is 5.75 Å². The van der Waals surface area contributed by atoms with Gasteiger partial charge in [0.15, 0.2) is 0 Å². The second kappa shape index (κ2) is 8.37. The molecular formula is C21H23FO4S. The predicted molar refractivity (Wildman–Crippen MR) is 104 cm³/mol. The first-order chi connectivity index (χ1) is 13.0. The maximum Gasteiger partial charge on any atom is 0.372 e. The van der Waals surface area contributed by atoms with Crippen LogP contribution in [0.2, 0.25) is 0 Å². The Morgan fingerprint density at radius 3 is 2.85 bits per heavy atom. The molecule has 4 nitrogen and oxygen atoms in total. The summed E-state index contributed by atoms with van der Waals surface area (Å²) >= 11 is 1.05. The highest BCUT2D eigenvalue weighted by atomic mass is 32.2. The fraction of sp³-hybridized carbons (Fsp3) is 0.476. The fourth-order valence-corrected chi connectivity index (χ4v) is 4.39. The lowest BCUT2D eigenvalue weighted by molar-refractivity contribution is 0.139. The lowest BCUT2D eigenvalue weighted by Crippen LogP contribution is -2.28. The van der Waals surface area contributed by atoms with Gasteiger partial charge in [-0.2, -0.15) is 0 Å². The van der Waals surface area contributed by atoms with Gasteiger partial charge in [-0.05, 0) is 56.0 Å². The number of hydrogen-bond donors (Lipinski definition) is 1. The van der Waals surface area contributed by atoms with Crippen LogP contribution >= 0.6 is 11.8 Å². The number of ether oxygens (including phenoxy) is 2. The second-order valence-electron chi connectivity index (χ2n) is 6.69. The van der Waals surface area contributed by atoms with E-state index in [1.807, 2.05) is 6.92 Å². The van der Waals surface area contributed by atoms with Crippen molar-refractivity contribution in [3.05, 3.63) is 34.8 Å². The minimum Gasteiger partial charge on any atom is -0.496 e. The first-order valence-electron chi connectivity index (χ1n) is 9.07. The third-order valence-corrected chi connectivity index (χ3v) is 5.73. The van der Waals surface area contributed by atoms with E-state index in [0.717, 1.165) is 31.0 Å². The van der Waals surface area contributed by atoms with E-state index < -0.39 is 17.2 Å². The molecule has 1 saturated carbocycles. The topological polar surface area (TPSA) is 55.8 Å². The number of carbonyl (C=O) groups excluding carboxylic acids is 1. The quantitative estimate of drug-likeness (QED) is 0.602. The van der Waals surface area contributed by atoms with Gasteiger partial charge in [0.05, 0.1) is 18.8 Å². The van der Waals surface area contributed by atoms with Crippen molar-refractivity contribution in [1.82, 2.24) is 0 Å². The third kappa shape index (κ3) is 3.85. The van der Waals surface area contributed by atoms with E-state index in [1.165, 1.54) is 13.2 Å². The summed E-state index contributed by atoms with van der Waals surface area (Å²) in [5.74, 6) is 6.30. The van der Waals surface area contributed by atoms with Crippen LogP contribution < -0.4 is 4.74 Å². The minimum atomic E-state index is -0.898. The van der Waals surface area contributed by atoms with Gasteiger partial charge in [-0.1, -0.05) is 12.8 Å².